The Morgan fingerprint density at radius 1 is 1.10 bits per heavy atom. The molecule has 174 valence electrons. The van der Waals surface area contributed by atoms with E-state index in [4.69, 9.17) is 10.5 Å². The van der Waals surface area contributed by atoms with Crippen LogP contribution in [0.5, 0.6) is 0 Å². The molecule has 8 unspecified atom stereocenters. The second kappa shape index (κ2) is 10.1. The van der Waals surface area contributed by atoms with Gasteiger partial charge in [-0.05, 0) is 111 Å². The number of carbonyl (C=O) groups is 1. The van der Waals surface area contributed by atoms with Crippen LogP contribution in [0.15, 0.2) is 0 Å². The van der Waals surface area contributed by atoms with E-state index in [1.54, 1.807) is 0 Å². The van der Waals surface area contributed by atoms with Gasteiger partial charge in [0, 0.05) is 5.54 Å². The van der Waals surface area contributed by atoms with Gasteiger partial charge in [-0.1, -0.05) is 26.7 Å². The molecule has 30 heavy (non-hydrogen) atoms. The van der Waals surface area contributed by atoms with Crippen LogP contribution >= 0.6 is 12.6 Å². The van der Waals surface area contributed by atoms with Gasteiger partial charge in [-0.15, -0.1) is 0 Å². The monoisotopic (exact) mass is 438 g/mol. The van der Waals surface area contributed by atoms with Crippen LogP contribution in [0.2, 0.25) is 0 Å². The number of primary amides is 1. The molecule has 5 N–H and O–H groups in total. The van der Waals surface area contributed by atoms with Crippen molar-refractivity contribution >= 4 is 19.0 Å². The highest BCUT2D eigenvalue weighted by Crippen LogP contribution is 2.66. The molecule has 9 atom stereocenters. The van der Waals surface area contributed by atoms with Crippen LogP contribution < -0.4 is 11.5 Å². The minimum absolute atomic E-state index is 0.0275. The van der Waals surface area contributed by atoms with Crippen LogP contribution in [-0.2, 0) is 4.79 Å². The van der Waals surface area contributed by atoms with Crippen molar-refractivity contribution in [1.29, 1.82) is 0 Å². The Bertz CT molecular complexity index is 575. The normalized spacial score (nSPS) is 45.9. The number of amides is 1. The van der Waals surface area contributed by atoms with Crippen molar-refractivity contribution in [3.63, 3.8) is 0 Å². The third kappa shape index (κ3) is 4.45. The molecule has 0 aliphatic heterocycles. The van der Waals surface area contributed by atoms with Gasteiger partial charge in [0.25, 0.3) is 0 Å². The Balaban J connectivity index is 0.000000806. The Kier molecular flexibility index (Phi) is 8.23. The van der Waals surface area contributed by atoms with Gasteiger partial charge < -0.3 is 16.6 Å². The molecular formula is C25H46N2O2S. The molecule has 0 heterocycles. The Morgan fingerprint density at radius 3 is 2.53 bits per heavy atom. The summed E-state index contributed by atoms with van der Waals surface area (Å²) < 4.78 is 0. The zero-order chi connectivity index (χ0) is 21.9. The maximum atomic E-state index is 10.2. The number of aliphatic hydroxyl groups excluding tert-OH is 1. The molecule has 4 nitrogen and oxygen atoms in total. The van der Waals surface area contributed by atoms with E-state index in [-0.39, 0.29) is 18.1 Å². The lowest BCUT2D eigenvalue weighted by Crippen LogP contribution is -2.64. The molecule has 0 saturated heterocycles. The third-order valence-electron chi connectivity index (χ3n) is 10.0. The molecule has 0 aromatic carbocycles. The molecule has 4 rings (SSSR count). The number of aliphatic hydroxyl groups is 1. The van der Waals surface area contributed by atoms with Gasteiger partial charge in [-0.3, -0.25) is 4.79 Å². The van der Waals surface area contributed by atoms with Crippen molar-refractivity contribution in [2.75, 3.05) is 5.75 Å². The van der Waals surface area contributed by atoms with Gasteiger partial charge >= 0.3 is 0 Å². The molecule has 1 amide bonds. The first-order chi connectivity index (χ1) is 14.3. The minimum atomic E-state index is -0.0916. The average Bonchev–Trinajstić information content (AvgIpc) is 3.06. The Labute approximate surface area is 189 Å². The fraction of sp³-hybridized carbons (Fsp3) is 0.960. The van der Waals surface area contributed by atoms with Gasteiger partial charge in [0.2, 0.25) is 6.41 Å². The molecule has 0 radical (unpaired) electrons. The SMILES string of the molecule is CC(CCCCS)C1CCC2C3CCC4CC(O)CCC4(N)C3CC[C@@]12C.NC=O. The molecule has 0 bridgehead atoms. The lowest BCUT2D eigenvalue weighted by atomic mass is 9.46. The molecule has 4 fully saturated rings. The molecular weight excluding hydrogens is 392 g/mol. The summed E-state index contributed by atoms with van der Waals surface area (Å²) in [6.07, 6.45) is 15.4. The Hall–Kier alpha value is -0.260. The number of fused-ring (bicyclic) bond motifs is 5. The summed E-state index contributed by atoms with van der Waals surface area (Å²) in [6.45, 7) is 5.19. The number of hydrogen-bond acceptors (Lipinski definition) is 4. The molecule has 4 saturated carbocycles. The van der Waals surface area contributed by atoms with E-state index in [0.29, 0.717) is 11.3 Å². The van der Waals surface area contributed by atoms with E-state index >= 15 is 0 Å². The lowest BCUT2D eigenvalue weighted by molar-refractivity contribution is -0.106. The summed E-state index contributed by atoms with van der Waals surface area (Å²) in [5.41, 5.74) is 11.9. The van der Waals surface area contributed by atoms with Crippen LogP contribution in [0.25, 0.3) is 0 Å². The van der Waals surface area contributed by atoms with E-state index < -0.39 is 0 Å². The summed E-state index contributed by atoms with van der Waals surface area (Å²) in [5.74, 6) is 5.88. The van der Waals surface area contributed by atoms with E-state index in [1.165, 1.54) is 57.8 Å². The largest absolute Gasteiger partial charge is 0.393 e. The molecule has 4 aliphatic carbocycles. The standard InChI is InChI=1S/C24H43NOS.CH3NO/c1-16(5-3-4-14-27)20-8-9-21-19-7-6-17-15-18(26)10-13-24(17,25)22(19)11-12-23(20,21)2;2-1-3/h16-22,26-27H,3-15,25H2,1-2H3;1H,(H2,2,3)/t16?,17?,18?,19?,20?,21?,22?,23-,24?;/m0./s1. The Morgan fingerprint density at radius 2 is 1.83 bits per heavy atom. The topological polar surface area (TPSA) is 89.3 Å². The molecule has 0 aromatic heterocycles. The highest BCUT2D eigenvalue weighted by atomic mass is 32.1. The summed E-state index contributed by atoms with van der Waals surface area (Å²) in [6, 6.07) is 0. The average molecular weight is 439 g/mol. The van der Waals surface area contributed by atoms with Crippen molar-refractivity contribution < 1.29 is 9.90 Å². The fourth-order valence-corrected chi connectivity index (χ4v) is 8.89. The number of unbranched alkanes of at least 4 members (excludes halogenated alkanes) is 1. The van der Waals surface area contributed by atoms with Crippen LogP contribution in [0, 0.1) is 40.9 Å². The quantitative estimate of drug-likeness (QED) is 0.289. The second-order valence-corrected chi connectivity index (χ2v) is 11.7. The molecule has 0 aromatic rings. The van der Waals surface area contributed by atoms with E-state index in [0.717, 1.165) is 54.6 Å². The summed E-state index contributed by atoms with van der Waals surface area (Å²) >= 11 is 4.40. The van der Waals surface area contributed by atoms with Crippen molar-refractivity contribution in [3.05, 3.63) is 0 Å². The van der Waals surface area contributed by atoms with E-state index in [2.05, 4.69) is 32.2 Å². The predicted molar refractivity (Wildman–Crippen MR) is 127 cm³/mol. The summed E-state index contributed by atoms with van der Waals surface area (Å²) in [5, 5.41) is 10.2. The zero-order valence-electron chi connectivity index (χ0n) is 19.3. The van der Waals surface area contributed by atoms with Crippen molar-refractivity contribution in [3.8, 4) is 0 Å². The first-order valence-electron chi connectivity index (χ1n) is 12.5. The molecule has 0 spiro atoms. The van der Waals surface area contributed by atoms with Crippen LogP contribution in [0.1, 0.15) is 90.9 Å². The zero-order valence-corrected chi connectivity index (χ0v) is 20.2. The fourth-order valence-electron chi connectivity index (χ4n) is 8.67. The molecule has 4 aliphatic rings. The van der Waals surface area contributed by atoms with Gasteiger partial charge in [-0.2, -0.15) is 12.6 Å². The number of thiol groups is 1. The maximum absolute atomic E-state index is 10.2. The number of rotatable bonds is 5. The molecule has 5 heteroatoms. The van der Waals surface area contributed by atoms with Crippen molar-refractivity contribution in [2.45, 2.75) is 103 Å². The first kappa shape index (κ1) is 24.4. The number of nitrogens with two attached hydrogens (primary N) is 2. The second-order valence-electron chi connectivity index (χ2n) is 11.3. The number of hydrogen-bond donors (Lipinski definition) is 4. The van der Waals surface area contributed by atoms with Crippen LogP contribution in [-0.4, -0.2) is 28.9 Å². The highest BCUT2D eigenvalue weighted by Gasteiger charge is 2.60. The van der Waals surface area contributed by atoms with Crippen molar-refractivity contribution in [2.24, 2.45) is 52.4 Å². The number of carbonyl (C=O) groups excluding carboxylic acids is 1. The lowest BCUT2D eigenvalue weighted by Gasteiger charge is -2.60. The third-order valence-corrected chi connectivity index (χ3v) is 10.3. The van der Waals surface area contributed by atoms with Crippen LogP contribution in [0.3, 0.4) is 0 Å². The van der Waals surface area contributed by atoms with E-state index in [9.17, 15) is 5.11 Å². The summed E-state index contributed by atoms with van der Waals surface area (Å²) in [4.78, 5) is 8.58. The van der Waals surface area contributed by atoms with Gasteiger partial charge in [-0.25, -0.2) is 0 Å². The van der Waals surface area contributed by atoms with Crippen molar-refractivity contribution in [1.82, 2.24) is 0 Å². The minimum Gasteiger partial charge on any atom is -0.393 e. The van der Waals surface area contributed by atoms with Gasteiger partial charge in [0.05, 0.1) is 6.10 Å². The highest BCUT2D eigenvalue weighted by molar-refractivity contribution is 7.80. The summed E-state index contributed by atoms with van der Waals surface area (Å²) in [7, 11) is 0. The van der Waals surface area contributed by atoms with E-state index in [1.807, 2.05) is 0 Å². The van der Waals surface area contributed by atoms with Gasteiger partial charge in [0.15, 0.2) is 0 Å². The van der Waals surface area contributed by atoms with Gasteiger partial charge in [0.1, 0.15) is 0 Å². The smallest absolute Gasteiger partial charge is 0.204 e. The maximum Gasteiger partial charge on any atom is 0.204 e. The predicted octanol–water partition coefficient (Wildman–Crippen LogP) is 4.54. The van der Waals surface area contributed by atoms with Crippen LogP contribution in [0.4, 0.5) is 0 Å². The first-order valence-corrected chi connectivity index (χ1v) is 13.2.